The van der Waals surface area contributed by atoms with Crippen molar-refractivity contribution in [2.45, 2.75) is 30.4 Å². The highest BCUT2D eigenvalue weighted by molar-refractivity contribution is 5.00. The van der Waals surface area contributed by atoms with Crippen LogP contribution in [-0.2, 0) is 0 Å². The van der Waals surface area contributed by atoms with E-state index in [0.717, 1.165) is 5.31 Å². The summed E-state index contributed by atoms with van der Waals surface area (Å²) < 4.78 is 7.42. The summed E-state index contributed by atoms with van der Waals surface area (Å²) in [5.74, 6) is 0. The van der Waals surface area contributed by atoms with Crippen molar-refractivity contribution < 1.29 is 26.9 Å². The largest absolute Gasteiger partial charge is 0.395 e. The van der Waals surface area contributed by atoms with E-state index in [1.54, 1.807) is 0 Å². The summed E-state index contributed by atoms with van der Waals surface area (Å²) >= 11 is 0. The number of hydrogen-bond donors (Lipinski definition) is 6. The van der Waals surface area contributed by atoms with Crippen LogP contribution in [0.15, 0.2) is 0 Å². The molecule has 0 aromatic rings. The fourth-order valence-corrected chi connectivity index (χ4v) is 1.42. The minimum absolute atomic E-state index is 0.490. The van der Waals surface area contributed by atoms with Gasteiger partial charge in [-0.25, -0.2) is 0 Å². The average Bonchev–Trinajstić information content (AvgIpc) is 2.38. The number of nitrogens with one attached hydrogen (secondary N) is 1. The zero-order valence-corrected chi connectivity index (χ0v) is 6.98. The van der Waals surface area contributed by atoms with Gasteiger partial charge in [-0.3, -0.25) is 0 Å². The summed E-state index contributed by atoms with van der Waals surface area (Å²) in [4.78, 5) is 0. The van der Waals surface area contributed by atoms with Gasteiger partial charge in [-0.15, -0.1) is 0 Å². The second-order valence-electron chi connectivity index (χ2n) is 3.12. The molecular formula is C7H15NO5. The summed E-state index contributed by atoms with van der Waals surface area (Å²) in [7, 11) is 0. The number of hydrogen-bond acceptors (Lipinski definition) is 6. The molecule has 0 amide bonds. The van der Waals surface area contributed by atoms with Gasteiger partial charge in [0.05, 0.1) is 43.6 Å². The summed E-state index contributed by atoms with van der Waals surface area (Å²) in [6.45, 7) is -1.10. The molecule has 0 radical (unpaired) electrons. The van der Waals surface area contributed by atoms with Gasteiger partial charge < -0.3 is 30.8 Å². The molecule has 13 heavy (non-hydrogen) atoms. The van der Waals surface area contributed by atoms with E-state index in [1.807, 2.05) is 0 Å². The zero-order chi connectivity index (χ0) is 10.9. The molecule has 6 nitrogen and oxygen atoms in total. The summed E-state index contributed by atoms with van der Waals surface area (Å²) in [5.41, 5.74) is 0. The maximum Gasteiger partial charge on any atom is 0.123 e. The lowest BCUT2D eigenvalue weighted by Gasteiger charge is -2.19. The minimum atomic E-state index is -1.34. The van der Waals surface area contributed by atoms with Crippen LogP contribution in [0.2, 0.25) is 1.41 Å². The van der Waals surface area contributed by atoms with Gasteiger partial charge in [-0.2, -0.15) is 0 Å². The third kappa shape index (κ3) is 1.98. The molecule has 78 valence electrons. The molecule has 0 aliphatic carbocycles. The summed E-state index contributed by atoms with van der Waals surface area (Å²) in [5, 5.41) is 46.3. The third-order valence-electron chi connectivity index (χ3n) is 2.23. The second kappa shape index (κ2) is 4.32. The lowest BCUT2D eigenvalue weighted by Crippen LogP contribution is -2.45. The van der Waals surface area contributed by atoms with Crippen LogP contribution in [0.1, 0.15) is 0 Å². The van der Waals surface area contributed by atoms with Gasteiger partial charge >= 0.3 is 0 Å². The van der Waals surface area contributed by atoms with Crippen molar-refractivity contribution >= 4 is 0 Å². The second-order valence-corrected chi connectivity index (χ2v) is 3.12. The predicted octanol–water partition coefficient (Wildman–Crippen LogP) is -3.61. The smallest absolute Gasteiger partial charge is 0.123 e. The molecule has 5 atom stereocenters. The Morgan fingerprint density at radius 3 is 2.31 bits per heavy atom. The topological polar surface area (TPSA) is 113 Å². The van der Waals surface area contributed by atoms with Gasteiger partial charge in [0, 0.05) is 0 Å². The van der Waals surface area contributed by atoms with Gasteiger partial charge in [0.25, 0.3) is 0 Å². The minimum Gasteiger partial charge on any atom is -0.395 e. The third-order valence-corrected chi connectivity index (χ3v) is 2.23. The van der Waals surface area contributed by atoms with Gasteiger partial charge in [0.1, 0.15) is 1.41 Å². The highest BCUT2D eigenvalue weighted by Crippen LogP contribution is 2.16. The van der Waals surface area contributed by atoms with Crippen LogP contribution in [0.4, 0.5) is 0 Å². The van der Waals surface area contributed by atoms with E-state index in [-0.39, 0.29) is 0 Å². The Labute approximate surface area is 76.9 Å². The highest BCUT2D eigenvalue weighted by atomic mass is 16.3. The first-order chi connectivity index (χ1) is 6.54. The van der Waals surface area contributed by atoms with E-state index in [1.165, 1.54) is 0 Å². The van der Waals surface area contributed by atoms with Crippen LogP contribution >= 0.6 is 0 Å². The van der Waals surface area contributed by atoms with Crippen LogP contribution < -0.4 is 5.31 Å². The Hall–Kier alpha value is -0.240. The van der Waals surface area contributed by atoms with Crippen LogP contribution in [0, 0.1) is 0 Å². The molecule has 1 saturated heterocycles. The van der Waals surface area contributed by atoms with Crippen LogP contribution in [0.25, 0.3) is 0 Å². The molecule has 6 heteroatoms. The predicted molar refractivity (Wildman–Crippen MR) is 42.9 cm³/mol. The number of aliphatic hydroxyl groups is 5. The van der Waals surface area contributed by atoms with Crippen molar-refractivity contribution in [2.24, 2.45) is 0 Å². The van der Waals surface area contributed by atoms with Gasteiger partial charge in [-0.05, 0) is 0 Å². The molecular weight excluding hydrogens is 178 g/mol. The Balaban J connectivity index is 2.77. The lowest BCUT2D eigenvalue weighted by molar-refractivity contribution is -0.0150. The standard InChI is InChI=1S/C7H15NO5/c9-1-3-6(12)7(13)5(8-3)4(11)2-10/h3-13H,1-2H2/t3-,4-,5-,6-,7-/m1/s1/i/hD. The molecule has 0 unspecified atom stereocenters. The normalized spacial score (nSPS) is 44.8. The molecule has 6 N–H and O–H groups in total. The summed E-state index contributed by atoms with van der Waals surface area (Å²) in [6.07, 6.45) is -3.94. The number of aliphatic hydroxyl groups excluding tert-OH is 5. The highest BCUT2D eigenvalue weighted by Gasteiger charge is 2.43. The van der Waals surface area contributed by atoms with Gasteiger partial charge in [0.2, 0.25) is 0 Å². The fraction of sp³-hybridized carbons (Fsp3) is 1.00. The van der Waals surface area contributed by atoms with E-state index in [9.17, 15) is 15.3 Å². The SMILES string of the molecule is [2H]N1[C@H]([C@H](O)CO)[C@@H](O)[C@H](O)[C@H]1CO. The fourth-order valence-electron chi connectivity index (χ4n) is 1.42. The van der Waals surface area contributed by atoms with E-state index < -0.39 is 43.6 Å². The van der Waals surface area contributed by atoms with Gasteiger partial charge in [0.15, 0.2) is 0 Å². The van der Waals surface area contributed by atoms with Crippen LogP contribution in [0.3, 0.4) is 0 Å². The molecule has 1 rings (SSSR count). The molecule has 0 saturated carbocycles. The first-order valence-corrected chi connectivity index (χ1v) is 4.07. The maximum atomic E-state index is 9.44. The van der Waals surface area contributed by atoms with Gasteiger partial charge in [-0.1, -0.05) is 0 Å². The molecule has 1 fully saturated rings. The first-order valence-electron chi connectivity index (χ1n) is 4.52. The van der Waals surface area contributed by atoms with Crippen molar-refractivity contribution in [3.8, 4) is 0 Å². The average molecular weight is 194 g/mol. The van der Waals surface area contributed by atoms with Crippen LogP contribution in [0.5, 0.6) is 0 Å². The monoisotopic (exact) mass is 194 g/mol. The van der Waals surface area contributed by atoms with Crippen molar-refractivity contribution in [1.82, 2.24) is 5.31 Å². The van der Waals surface area contributed by atoms with E-state index >= 15 is 0 Å². The molecule has 0 aromatic carbocycles. The van der Waals surface area contributed by atoms with E-state index in [2.05, 4.69) is 0 Å². The molecule has 0 bridgehead atoms. The molecule has 0 spiro atoms. The first kappa shape index (κ1) is 9.32. The number of rotatable bonds is 3. The molecule has 1 aliphatic heterocycles. The Morgan fingerprint density at radius 1 is 1.31 bits per heavy atom. The van der Waals surface area contributed by atoms with Crippen molar-refractivity contribution in [2.75, 3.05) is 13.2 Å². The summed E-state index contributed by atoms with van der Waals surface area (Å²) in [6, 6.07) is -2.01. The molecule has 0 aromatic heterocycles. The zero-order valence-electron chi connectivity index (χ0n) is 7.98. The Bertz CT molecular complexity index is 195. The maximum absolute atomic E-state index is 9.44. The van der Waals surface area contributed by atoms with Crippen molar-refractivity contribution in [3.63, 3.8) is 0 Å². The van der Waals surface area contributed by atoms with E-state index in [4.69, 9.17) is 11.6 Å². The molecule has 1 heterocycles. The van der Waals surface area contributed by atoms with Crippen molar-refractivity contribution in [1.29, 1.82) is 0 Å². The lowest BCUT2D eigenvalue weighted by atomic mass is 10.0. The Kier molecular flexibility index (Phi) is 3.09. The quantitative estimate of drug-likeness (QED) is 0.277. The van der Waals surface area contributed by atoms with Crippen molar-refractivity contribution in [3.05, 3.63) is 0 Å². The molecule has 1 aliphatic rings. The van der Waals surface area contributed by atoms with E-state index in [0.29, 0.717) is 0 Å². The van der Waals surface area contributed by atoms with Crippen LogP contribution in [-0.4, -0.2) is 69.1 Å². The Morgan fingerprint density at radius 2 is 1.92 bits per heavy atom.